The summed E-state index contributed by atoms with van der Waals surface area (Å²) in [4.78, 5) is 0. The van der Waals surface area contributed by atoms with Crippen molar-refractivity contribution in [1.29, 1.82) is 5.26 Å². The fourth-order valence-corrected chi connectivity index (χ4v) is 2.58. The summed E-state index contributed by atoms with van der Waals surface area (Å²) in [5.74, 6) is 0. The summed E-state index contributed by atoms with van der Waals surface area (Å²) in [6, 6.07) is 6.21. The second kappa shape index (κ2) is 4.24. The number of nitriles is 1. The number of halogens is 2. The van der Waals surface area contributed by atoms with Crippen LogP contribution in [-0.4, -0.2) is 0 Å². The number of benzene rings is 1. The van der Waals surface area contributed by atoms with Gasteiger partial charge in [0.1, 0.15) is 0 Å². The summed E-state index contributed by atoms with van der Waals surface area (Å²) in [6.07, 6.45) is 0.487. The molecule has 0 N–H and O–H groups in total. The van der Waals surface area contributed by atoms with Gasteiger partial charge >= 0.3 is 0 Å². The van der Waals surface area contributed by atoms with Crippen LogP contribution in [0.25, 0.3) is 0 Å². The first-order valence-corrected chi connectivity index (χ1v) is 5.34. The maximum atomic E-state index is 8.56. The van der Waals surface area contributed by atoms with E-state index in [0.29, 0.717) is 6.42 Å². The highest BCUT2D eigenvalue weighted by atomic mass is 127. The van der Waals surface area contributed by atoms with E-state index in [9.17, 15) is 0 Å². The number of hydrogen-bond acceptors (Lipinski definition) is 1. The van der Waals surface area contributed by atoms with Gasteiger partial charge in [0, 0.05) is 8.04 Å². The van der Waals surface area contributed by atoms with Gasteiger partial charge in [-0.1, -0.05) is 15.9 Å². The molecule has 0 bridgehead atoms. The molecule has 62 valence electrons. The smallest absolute Gasteiger partial charge is 0.0669 e. The molecule has 0 heterocycles. The molecule has 0 aliphatic heterocycles. The molecule has 0 atom stereocenters. The molecule has 1 nitrogen and oxygen atoms in total. The van der Waals surface area contributed by atoms with Crippen molar-refractivity contribution in [3.05, 3.63) is 31.3 Å². The topological polar surface area (TPSA) is 23.8 Å². The normalized spacial score (nSPS) is 9.50. The molecule has 0 saturated heterocycles. The fourth-order valence-electron chi connectivity index (χ4n) is 0.968. The van der Waals surface area contributed by atoms with Crippen LogP contribution >= 0.6 is 38.5 Å². The summed E-state index contributed by atoms with van der Waals surface area (Å²) in [5, 5.41) is 8.56. The Hall–Kier alpha value is -0.0800. The lowest BCUT2D eigenvalue weighted by atomic mass is 10.1. The van der Waals surface area contributed by atoms with Crippen molar-refractivity contribution >= 4 is 38.5 Å². The Morgan fingerprint density at radius 1 is 1.58 bits per heavy atom. The first kappa shape index (κ1) is 10.0. The Labute approximate surface area is 94.0 Å². The molecule has 0 aliphatic rings. The zero-order valence-corrected chi connectivity index (χ0v) is 10.3. The van der Waals surface area contributed by atoms with Gasteiger partial charge in [-0.3, -0.25) is 0 Å². The van der Waals surface area contributed by atoms with Crippen LogP contribution < -0.4 is 0 Å². The van der Waals surface area contributed by atoms with Gasteiger partial charge in [-0.2, -0.15) is 5.26 Å². The van der Waals surface area contributed by atoms with Crippen LogP contribution in [0.2, 0.25) is 0 Å². The van der Waals surface area contributed by atoms with Crippen LogP contribution in [0.5, 0.6) is 0 Å². The van der Waals surface area contributed by atoms with Gasteiger partial charge in [0.15, 0.2) is 0 Å². The molecule has 0 saturated carbocycles. The summed E-state index contributed by atoms with van der Waals surface area (Å²) >= 11 is 5.68. The number of rotatable bonds is 1. The summed E-state index contributed by atoms with van der Waals surface area (Å²) < 4.78 is 2.25. The van der Waals surface area contributed by atoms with Gasteiger partial charge in [-0.15, -0.1) is 0 Å². The second-order valence-electron chi connectivity index (χ2n) is 2.51. The molecule has 0 fully saturated rings. The molecule has 0 aromatic heterocycles. The summed E-state index contributed by atoms with van der Waals surface area (Å²) in [6.45, 7) is 2.04. The maximum absolute atomic E-state index is 8.56. The molecule has 0 aliphatic carbocycles. The molecule has 12 heavy (non-hydrogen) atoms. The molecule has 1 aromatic rings. The molecule has 0 unspecified atom stereocenters. The maximum Gasteiger partial charge on any atom is 0.0669 e. The van der Waals surface area contributed by atoms with Crippen molar-refractivity contribution in [2.75, 3.05) is 0 Å². The van der Waals surface area contributed by atoms with E-state index < -0.39 is 0 Å². The Morgan fingerprint density at radius 2 is 2.25 bits per heavy atom. The third-order valence-corrected chi connectivity index (χ3v) is 3.26. The van der Waals surface area contributed by atoms with Gasteiger partial charge in [0.2, 0.25) is 0 Å². The lowest BCUT2D eigenvalue weighted by molar-refractivity contribution is 1.19. The molecule has 0 amide bonds. The minimum atomic E-state index is 0.487. The van der Waals surface area contributed by atoms with E-state index in [-0.39, 0.29) is 0 Å². The van der Waals surface area contributed by atoms with Gasteiger partial charge in [0.25, 0.3) is 0 Å². The predicted molar refractivity (Wildman–Crippen MR) is 60.9 cm³/mol. The van der Waals surface area contributed by atoms with E-state index in [0.717, 1.165) is 10.0 Å². The van der Waals surface area contributed by atoms with Crippen molar-refractivity contribution in [2.24, 2.45) is 0 Å². The zero-order chi connectivity index (χ0) is 9.14. The molecular formula is C9H7BrIN. The predicted octanol–water partition coefficient (Wildman–Crippen LogP) is 3.43. The van der Waals surface area contributed by atoms with Crippen molar-refractivity contribution in [3.8, 4) is 6.07 Å². The third-order valence-electron chi connectivity index (χ3n) is 1.69. The SMILES string of the molecule is Cc1c(I)cc(Br)cc1CC#N. The van der Waals surface area contributed by atoms with Crippen LogP contribution in [0.1, 0.15) is 11.1 Å². The molecule has 1 aromatic carbocycles. The minimum absolute atomic E-state index is 0.487. The average molecular weight is 336 g/mol. The van der Waals surface area contributed by atoms with Crippen molar-refractivity contribution in [1.82, 2.24) is 0 Å². The van der Waals surface area contributed by atoms with E-state index in [2.05, 4.69) is 50.7 Å². The Kier molecular flexibility index (Phi) is 3.53. The van der Waals surface area contributed by atoms with Crippen LogP contribution in [-0.2, 0) is 6.42 Å². The molecule has 0 spiro atoms. The van der Waals surface area contributed by atoms with E-state index in [1.54, 1.807) is 0 Å². The summed E-state index contributed by atoms with van der Waals surface area (Å²) in [7, 11) is 0. The highest BCUT2D eigenvalue weighted by Gasteiger charge is 2.03. The van der Waals surface area contributed by atoms with E-state index in [1.165, 1.54) is 9.13 Å². The molecule has 3 heteroatoms. The van der Waals surface area contributed by atoms with E-state index >= 15 is 0 Å². The average Bonchev–Trinajstić information content (AvgIpc) is 2.00. The first-order valence-electron chi connectivity index (χ1n) is 3.46. The van der Waals surface area contributed by atoms with Crippen molar-refractivity contribution in [3.63, 3.8) is 0 Å². The van der Waals surface area contributed by atoms with E-state index in [1.807, 2.05) is 13.0 Å². The molecule has 0 radical (unpaired) electrons. The van der Waals surface area contributed by atoms with Crippen LogP contribution in [0.4, 0.5) is 0 Å². The quantitative estimate of drug-likeness (QED) is 0.721. The lowest BCUT2D eigenvalue weighted by Crippen LogP contribution is -1.90. The second-order valence-corrected chi connectivity index (χ2v) is 4.58. The largest absolute Gasteiger partial charge is 0.198 e. The number of nitrogens with zero attached hydrogens (tertiary/aromatic N) is 1. The highest BCUT2D eigenvalue weighted by molar-refractivity contribution is 14.1. The third kappa shape index (κ3) is 2.20. The number of hydrogen-bond donors (Lipinski definition) is 0. The Bertz CT molecular complexity index is 341. The Morgan fingerprint density at radius 3 is 2.83 bits per heavy atom. The lowest BCUT2D eigenvalue weighted by Gasteiger charge is -2.04. The highest BCUT2D eigenvalue weighted by Crippen LogP contribution is 2.22. The van der Waals surface area contributed by atoms with Gasteiger partial charge < -0.3 is 0 Å². The van der Waals surface area contributed by atoms with Crippen LogP contribution in [0.15, 0.2) is 16.6 Å². The van der Waals surface area contributed by atoms with Gasteiger partial charge in [-0.25, -0.2) is 0 Å². The van der Waals surface area contributed by atoms with Crippen molar-refractivity contribution < 1.29 is 0 Å². The monoisotopic (exact) mass is 335 g/mol. The van der Waals surface area contributed by atoms with Gasteiger partial charge in [-0.05, 0) is 52.8 Å². The molecular weight excluding hydrogens is 329 g/mol. The summed E-state index contributed by atoms with van der Waals surface area (Å²) in [5.41, 5.74) is 2.32. The van der Waals surface area contributed by atoms with Crippen LogP contribution in [0.3, 0.4) is 0 Å². The fraction of sp³-hybridized carbons (Fsp3) is 0.222. The van der Waals surface area contributed by atoms with Crippen molar-refractivity contribution in [2.45, 2.75) is 13.3 Å². The minimum Gasteiger partial charge on any atom is -0.198 e. The standard InChI is InChI=1S/C9H7BrIN/c1-6-7(2-3-12)4-8(10)5-9(6)11/h4-5H,2H2,1H3. The molecule has 1 rings (SSSR count). The van der Waals surface area contributed by atoms with E-state index in [4.69, 9.17) is 5.26 Å². The Balaban J connectivity index is 3.20. The zero-order valence-electron chi connectivity index (χ0n) is 6.56. The van der Waals surface area contributed by atoms with Gasteiger partial charge in [0.05, 0.1) is 12.5 Å². The van der Waals surface area contributed by atoms with Crippen LogP contribution in [0, 0.1) is 21.8 Å². The first-order chi connectivity index (χ1) is 5.65.